The molecule has 31 heavy (non-hydrogen) atoms. The Morgan fingerprint density at radius 2 is 1.74 bits per heavy atom. The molecule has 162 valence electrons. The van der Waals surface area contributed by atoms with E-state index in [1.807, 2.05) is 12.1 Å². The Balaban J connectivity index is 1.58. The van der Waals surface area contributed by atoms with Gasteiger partial charge in [0.15, 0.2) is 0 Å². The highest BCUT2D eigenvalue weighted by Gasteiger charge is 2.27. The van der Waals surface area contributed by atoms with Gasteiger partial charge in [0.25, 0.3) is 5.91 Å². The van der Waals surface area contributed by atoms with Crippen LogP contribution >= 0.6 is 11.3 Å². The largest absolute Gasteiger partial charge is 0.465 e. The molecule has 0 atom stereocenters. The number of anilines is 1. The molecule has 1 fully saturated rings. The summed E-state index contributed by atoms with van der Waals surface area (Å²) in [6.45, 7) is 1.31. The van der Waals surface area contributed by atoms with Gasteiger partial charge in [-0.05, 0) is 30.3 Å². The topological polar surface area (TPSA) is 102 Å². The summed E-state index contributed by atoms with van der Waals surface area (Å²) in [7, 11) is -2.35. The number of sulfonamides is 1. The fourth-order valence-electron chi connectivity index (χ4n) is 3.33. The SMILES string of the molecule is COC(=O)c1c(NC(=O)c2ccc(S(=O)(=O)N3CCOCC3)cc2)sc2ccccc12. The van der Waals surface area contributed by atoms with Crippen molar-refractivity contribution in [3.63, 3.8) is 0 Å². The number of carbonyl (C=O) groups excluding carboxylic acids is 2. The Morgan fingerprint density at radius 3 is 2.42 bits per heavy atom. The predicted octanol–water partition coefficient (Wildman–Crippen LogP) is 2.96. The van der Waals surface area contributed by atoms with E-state index < -0.39 is 21.9 Å². The summed E-state index contributed by atoms with van der Waals surface area (Å²) < 4.78 is 37.7. The lowest BCUT2D eigenvalue weighted by Crippen LogP contribution is -2.40. The van der Waals surface area contributed by atoms with Gasteiger partial charge in [-0.15, -0.1) is 11.3 Å². The number of esters is 1. The number of morpholine rings is 1. The molecular formula is C21H20N2O6S2. The molecule has 0 saturated carbocycles. The van der Waals surface area contributed by atoms with Crippen LogP contribution in [0.5, 0.6) is 0 Å². The van der Waals surface area contributed by atoms with Gasteiger partial charge in [-0.1, -0.05) is 18.2 Å². The number of hydrogen-bond donors (Lipinski definition) is 1. The van der Waals surface area contributed by atoms with Crippen LogP contribution in [-0.4, -0.2) is 58.0 Å². The van der Waals surface area contributed by atoms with Gasteiger partial charge in [-0.3, -0.25) is 4.79 Å². The molecule has 1 aliphatic heterocycles. The van der Waals surface area contributed by atoms with E-state index in [1.54, 1.807) is 12.1 Å². The van der Waals surface area contributed by atoms with Crippen molar-refractivity contribution < 1.29 is 27.5 Å². The molecule has 0 radical (unpaired) electrons. The van der Waals surface area contributed by atoms with Crippen LogP contribution in [0.4, 0.5) is 5.00 Å². The number of ether oxygens (including phenoxy) is 2. The first-order valence-electron chi connectivity index (χ1n) is 9.51. The van der Waals surface area contributed by atoms with Crippen LogP contribution in [0.2, 0.25) is 0 Å². The lowest BCUT2D eigenvalue weighted by atomic mass is 10.1. The summed E-state index contributed by atoms with van der Waals surface area (Å²) in [4.78, 5) is 25.2. The summed E-state index contributed by atoms with van der Waals surface area (Å²) in [6.07, 6.45) is 0. The molecule has 0 bridgehead atoms. The zero-order valence-electron chi connectivity index (χ0n) is 16.7. The second-order valence-corrected chi connectivity index (χ2v) is 9.78. The minimum Gasteiger partial charge on any atom is -0.465 e. The zero-order chi connectivity index (χ0) is 22.0. The molecule has 3 aromatic rings. The smallest absolute Gasteiger partial charge is 0.341 e. The number of carbonyl (C=O) groups is 2. The van der Waals surface area contributed by atoms with Gasteiger partial charge in [0.1, 0.15) is 10.6 Å². The molecule has 1 amide bonds. The molecular weight excluding hydrogens is 440 g/mol. The summed E-state index contributed by atoms with van der Waals surface area (Å²) in [5, 5.41) is 3.83. The van der Waals surface area contributed by atoms with Crippen molar-refractivity contribution in [3.8, 4) is 0 Å². The van der Waals surface area contributed by atoms with Gasteiger partial charge in [-0.2, -0.15) is 4.31 Å². The highest BCUT2D eigenvalue weighted by molar-refractivity contribution is 7.89. The van der Waals surface area contributed by atoms with Gasteiger partial charge >= 0.3 is 5.97 Å². The van der Waals surface area contributed by atoms with E-state index in [2.05, 4.69) is 5.32 Å². The van der Waals surface area contributed by atoms with Crippen LogP contribution in [0.1, 0.15) is 20.7 Å². The van der Waals surface area contributed by atoms with Crippen LogP contribution in [0.3, 0.4) is 0 Å². The Hall–Kier alpha value is -2.79. The average Bonchev–Trinajstić information content (AvgIpc) is 3.17. The Morgan fingerprint density at radius 1 is 1.06 bits per heavy atom. The maximum Gasteiger partial charge on any atom is 0.341 e. The lowest BCUT2D eigenvalue weighted by Gasteiger charge is -2.26. The minimum absolute atomic E-state index is 0.114. The Kier molecular flexibility index (Phi) is 6.05. The Labute approximate surface area is 183 Å². The number of rotatable bonds is 5. The molecule has 0 unspecified atom stereocenters. The molecule has 10 heteroatoms. The van der Waals surface area contributed by atoms with Crippen LogP contribution < -0.4 is 5.32 Å². The standard InChI is InChI=1S/C21H20N2O6S2/c1-28-21(25)18-16-4-2-3-5-17(16)30-20(18)22-19(24)14-6-8-15(9-7-14)31(26,27)23-10-12-29-13-11-23/h2-9H,10-13H2,1H3,(H,22,24). The first-order chi connectivity index (χ1) is 14.9. The van der Waals surface area contributed by atoms with E-state index in [9.17, 15) is 18.0 Å². The average molecular weight is 461 g/mol. The summed E-state index contributed by atoms with van der Waals surface area (Å²) in [6, 6.07) is 13.0. The summed E-state index contributed by atoms with van der Waals surface area (Å²) in [5.74, 6) is -0.994. The fourth-order valence-corrected chi connectivity index (χ4v) is 5.82. The van der Waals surface area contributed by atoms with Crippen molar-refractivity contribution in [2.75, 3.05) is 38.7 Å². The van der Waals surface area contributed by atoms with Crippen molar-refractivity contribution >= 4 is 48.3 Å². The van der Waals surface area contributed by atoms with E-state index in [0.29, 0.717) is 42.3 Å². The van der Waals surface area contributed by atoms with Crippen molar-refractivity contribution in [3.05, 3.63) is 59.7 Å². The molecule has 1 aromatic heterocycles. The molecule has 0 aliphatic carbocycles. The quantitative estimate of drug-likeness (QED) is 0.588. The molecule has 8 nitrogen and oxygen atoms in total. The van der Waals surface area contributed by atoms with Crippen LogP contribution in [0.25, 0.3) is 10.1 Å². The third-order valence-corrected chi connectivity index (χ3v) is 7.94. The van der Waals surface area contributed by atoms with E-state index in [-0.39, 0.29) is 10.5 Å². The first kappa shape index (κ1) is 21.4. The van der Waals surface area contributed by atoms with Crippen molar-refractivity contribution in [1.82, 2.24) is 4.31 Å². The number of thiophene rings is 1. The summed E-state index contributed by atoms with van der Waals surface area (Å²) >= 11 is 1.27. The normalized spacial score (nSPS) is 15.0. The van der Waals surface area contributed by atoms with E-state index >= 15 is 0 Å². The number of amides is 1. The van der Waals surface area contributed by atoms with Crippen molar-refractivity contribution in [1.29, 1.82) is 0 Å². The highest BCUT2D eigenvalue weighted by atomic mass is 32.2. The third kappa shape index (κ3) is 4.19. The molecule has 1 N–H and O–H groups in total. The monoisotopic (exact) mass is 460 g/mol. The molecule has 2 aromatic carbocycles. The number of hydrogen-bond acceptors (Lipinski definition) is 7. The van der Waals surface area contributed by atoms with Gasteiger partial charge in [0.05, 0.1) is 25.2 Å². The predicted molar refractivity (Wildman–Crippen MR) is 117 cm³/mol. The van der Waals surface area contributed by atoms with E-state index in [4.69, 9.17) is 9.47 Å². The van der Waals surface area contributed by atoms with Crippen molar-refractivity contribution in [2.24, 2.45) is 0 Å². The molecule has 4 rings (SSSR count). The van der Waals surface area contributed by atoms with Crippen LogP contribution in [-0.2, 0) is 19.5 Å². The number of fused-ring (bicyclic) bond motifs is 1. The van der Waals surface area contributed by atoms with Crippen molar-refractivity contribution in [2.45, 2.75) is 4.90 Å². The molecule has 0 spiro atoms. The van der Waals surface area contributed by atoms with Gasteiger partial charge in [0, 0.05) is 28.7 Å². The number of nitrogens with one attached hydrogen (secondary N) is 1. The fraction of sp³-hybridized carbons (Fsp3) is 0.238. The first-order valence-corrected chi connectivity index (χ1v) is 11.8. The number of benzene rings is 2. The lowest BCUT2D eigenvalue weighted by molar-refractivity contribution is 0.0604. The van der Waals surface area contributed by atoms with E-state index in [0.717, 1.165) is 4.70 Å². The van der Waals surface area contributed by atoms with Gasteiger partial charge in [0.2, 0.25) is 10.0 Å². The second-order valence-electron chi connectivity index (χ2n) is 6.79. The highest BCUT2D eigenvalue weighted by Crippen LogP contribution is 2.36. The number of methoxy groups -OCH3 is 1. The van der Waals surface area contributed by atoms with Crippen LogP contribution in [0.15, 0.2) is 53.4 Å². The van der Waals surface area contributed by atoms with Crippen LogP contribution in [0, 0.1) is 0 Å². The van der Waals surface area contributed by atoms with Gasteiger partial charge < -0.3 is 14.8 Å². The maximum absolute atomic E-state index is 12.8. The third-order valence-electron chi connectivity index (χ3n) is 4.94. The zero-order valence-corrected chi connectivity index (χ0v) is 18.3. The molecule has 1 saturated heterocycles. The Bertz CT molecular complexity index is 1230. The van der Waals surface area contributed by atoms with E-state index in [1.165, 1.54) is 47.0 Å². The van der Waals surface area contributed by atoms with Gasteiger partial charge in [-0.25, -0.2) is 13.2 Å². The second kappa shape index (κ2) is 8.75. The minimum atomic E-state index is -3.64. The molecule has 2 heterocycles. The maximum atomic E-state index is 12.8. The summed E-state index contributed by atoms with van der Waals surface area (Å²) in [5.41, 5.74) is 0.567. The molecule has 1 aliphatic rings. The number of nitrogens with zero attached hydrogens (tertiary/aromatic N) is 1.